The zero-order valence-electron chi connectivity index (χ0n) is 15.4. The van der Waals surface area contributed by atoms with Crippen LogP contribution in [0, 0.1) is 0 Å². The van der Waals surface area contributed by atoms with Crippen molar-refractivity contribution in [3.8, 4) is 0 Å². The predicted octanol–water partition coefficient (Wildman–Crippen LogP) is 5.99. The Morgan fingerprint density at radius 1 is 1.00 bits per heavy atom. The summed E-state index contributed by atoms with van der Waals surface area (Å²) >= 11 is 1.74. The van der Waals surface area contributed by atoms with E-state index in [9.17, 15) is 5.11 Å². The molecule has 1 atom stereocenters. The van der Waals surface area contributed by atoms with Gasteiger partial charge in [-0.2, -0.15) is 0 Å². The second kappa shape index (κ2) is 8.79. The van der Waals surface area contributed by atoms with Gasteiger partial charge in [-0.05, 0) is 54.2 Å². The first kappa shape index (κ1) is 18.4. The second-order valence-electron chi connectivity index (χ2n) is 6.87. The molecule has 1 unspecified atom stereocenters. The fraction of sp³-hybridized carbons (Fsp3) is 0.455. The Labute approximate surface area is 155 Å². The maximum Gasteiger partial charge on any atom is 0.0930 e. The Morgan fingerprint density at radius 3 is 2.44 bits per heavy atom. The highest BCUT2D eigenvalue weighted by Crippen LogP contribution is 2.35. The molecular weight excluding hydrogens is 326 g/mol. The lowest BCUT2D eigenvalue weighted by Crippen LogP contribution is -2.30. The molecule has 2 aromatic carbocycles. The maximum atomic E-state index is 11.0. The van der Waals surface area contributed by atoms with Crippen LogP contribution in [-0.4, -0.2) is 29.6 Å². The third-order valence-corrected chi connectivity index (χ3v) is 5.90. The standard InChI is InChI=1S/C22H29NOS/c1-3-5-12-23(13-6-4-2)16-21(24)20-15-17-9-7-8-10-18(17)19-11-14-25-22(19)20/h7-11,14-15,21,24H,3-6,12-13,16H2,1-2H3. The summed E-state index contributed by atoms with van der Waals surface area (Å²) in [7, 11) is 0. The van der Waals surface area contributed by atoms with Gasteiger partial charge in [-0.1, -0.05) is 51.0 Å². The third kappa shape index (κ3) is 4.22. The molecule has 0 aliphatic heterocycles. The van der Waals surface area contributed by atoms with E-state index in [2.05, 4.69) is 60.5 Å². The van der Waals surface area contributed by atoms with Gasteiger partial charge in [0.25, 0.3) is 0 Å². The lowest BCUT2D eigenvalue weighted by Gasteiger charge is -2.25. The van der Waals surface area contributed by atoms with Gasteiger partial charge >= 0.3 is 0 Å². The average Bonchev–Trinajstić information content (AvgIpc) is 3.13. The number of fused-ring (bicyclic) bond motifs is 3. The van der Waals surface area contributed by atoms with Crippen LogP contribution in [0.3, 0.4) is 0 Å². The van der Waals surface area contributed by atoms with Crippen molar-refractivity contribution in [1.82, 2.24) is 4.90 Å². The molecule has 1 aromatic heterocycles. The van der Waals surface area contributed by atoms with Crippen molar-refractivity contribution in [2.45, 2.75) is 45.6 Å². The van der Waals surface area contributed by atoms with Gasteiger partial charge in [-0.3, -0.25) is 0 Å². The zero-order valence-corrected chi connectivity index (χ0v) is 16.2. The Morgan fingerprint density at radius 2 is 1.72 bits per heavy atom. The number of aliphatic hydroxyl groups is 1. The molecule has 0 aliphatic carbocycles. The van der Waals surface area contributed by atoms with Gasteiger partial charge in [0.15, 0.2) is 0 Å². The van der Waals surface area contributed by atoms with E-state index >= 15 is 0 Å². The van der Waals surface area contributed by atoms with Crippen molar-refractivity contribution in [2.75, 3.05) is 19.6 Å². The summed E-state index contributed by atoms with van der Waals surface area (Å²) in [6.07, 6.45) is 4.36. The Kier molecular flexibility index (Phi) is 6.46. The van der Waals surface area contributed by atoms with E-state index in [1.165, 1.54) is 46.5 Å². The summed E-state index contributed by atoms with van der Waals surface area (Å²) in [6.45, 7) is 7.34. The molecule has 0 saturated carbocycles. The quantitative estimate of drug-likeness (QED) is 0.509. The molecule has 3 rings (SSSR count). The molecule has 25 heavy (non-hydrogen) atoms. The Bertz CT molecular complexity index is 802. The molecule has 134 valence electrons. The van der Waals surface area contributed by atoms with Crippen LogP contribution in [0.2, 0.25) is 0 Å². The van der Waals surface area contributed by atoms with E-state index in [0.717, 1.165) is 25.2 Å². The van der Waals surface area contributed by atoms with Gasteiger partial charge in [-0.25, -0.2) is 0 Å². The van der Waals surface area contributed by atoms with E-state index < -0.39 is 6.10 Å². The van der Waals surface area contributed by atoms with Crippen molar-refractivity contribution in [3.63, 3.8) is 0 Å². The van der Waals surface area contributed by atoms with Crippen molar-refractivity contribution in [2.24, 2.45) is 0 Å². The molecule has 1 N–H and O–H groups in total. The summed E-state index contributed by atoms with van der Waals surface area (Å²) in [5.41, 5.74) is 1.08. The summed E-state index contributed by atoms with van der Waals surface area (Å²) in [6, 6.07) is 12.9. The SMILES string of the molecule is CCCCN(CCCC)CC(O)c1cc2ccccc2c2ccsc12. The van der Waals surface area contributed by atoms with Crippen molar-refractivity contribution in [1.29, 1.82) is 0 Å². The molecule has 0 amide bonds. The normalized spacial score (nSPS) is 13.1. The van der Waals surface area contributed by atoms with Gasteiger partial charge in [-0.15, -0.1) is 11.3 Å². The summed E-state index contributed by atoms with van der Waals surface area (Å²) in [5, 5.41) is 16.9. The number of aliphatic hydroxyl groups excluding tert-OH is 1. The first-order valence-corrected chi connectivity index (χ1v) is 10.4. The number of nitrogens with zero attached hydrogens (tertiary/aromatic N) is 1. The fourth-order valence-electron chi connectivity index (χ4n) is 3.49. The predicted molar refractivity (Wildman–Crippen MR) is 111 cm³/mol. The van der Waals surface area contributed by atoms with Crippen LogP contribution in [0.1, 0.15) is 51.2 Å². The van der Waals surface area contributed by atoms with E-state index in [-0.39, 0.29) is 0 Å². The molecule has 0 bridgehead atoms. The minimum absolute atomic E-state index is 0.431. The number of thiophene rings is 1. The molecule has 3 aromatic rings. The molecule has 0 spiro atoms. The van der Waals surface area contributed by atoms with Crippen LogP contribution in [0.4, 0.5) is 0 Å². The monoisotopic (exact) mass is 355 g/mol. The van der Waals surface area contributed by atoms with Crippen LogP contribution >= 0.6 is 11.3 Å². The summed E-state index contributed by atoms with van der Waals surface area (Å²) < 4.78 is 1.23. The number of benzene rings is 2. The Hall–Kier alpha value is -1.42. The van der Waals surface area contributed by atoms with E-state index in [1.807, 2.05) is 0 Å². The van der Waals surface area contributed by atoms with Crippen LogP contribution in [-0.2, 0) is 0 Å². The van der Waals surface area contributed by atoms with Crippen molar-refractivity contribution >= 4 is 32.2 Å². The molecular formula is C22H29NOS. The molecule has 0 aliphatic rings. The molecule has 0 radical (unpaired) electrons. The number of hydrogen-bond acceptors (Lipinski definition) is 3. The van der Waals surface area contributed by atoms with Crippen LogP contribution in [0.25, 0.3) is 20.9 Å². The third-order valence-electron chi connectivity index (χ3n) is 4.94. The minimum atomic E-state index is -0.431. The van der Waals surface area contributed by atoms with Crippen LogP contribution in [0.5, 0.6) is 0 Å². The number of rotatable bonds is 9. The Balaban J connectivity index is 1.89. The van der Waals surface area contributed by atoms with Gasteiger partial charge in [0.2, 0.25) is 0 Å². The van der Waals surface area contributed by atoms with Gasteiger partial charge in [0.05, 0.1) is 6.10 Å². The molecule has 1 heterocycles. The molecule has 2 nitrogen and oxygen atoms in total. The number of unbranched alkanes of at least 4 members (excludes halogenated alkanes) is 2. The second-order valence-corrected chi connectivity index (χ2v) is 7.79. The lowest BCUT2D eigenvalue weighted by atomic mass is 9.99. The van der Waals surface area contributed by atoms with Crippen LogP contribution in [0.15, 0.2) is 41.8 Å². The van der Waals surface area contributed by atoms with Crippen molar-refractivity contribution in [3.05, 3.63) is 47.3 Å². The van der Waals surface area contributed by atoms with Crippen molar-refractivity contribution < 1.29 is 5.11 Å². The maximum absolute atomic E-state index is 11.0. The van der Waals surface area contributed by atoms with Gasteiger partial charge in [0, 0.05) is 22.2 Å². The highest BCUT2D eigenvalue weighted by Gasteiger charge is 2.18. The lowest BCUT2D eigenvalue weighted by molar-refractivity contribution is 0.112. The minimum Gasteiger partial charge on any atom is -0.387 e. The largest absolute Gasteiger partial charge is 0.387 e. The smallest absolute Gasteiger partial charge is 0.0930 e. The highest BCUT2D eigenvalue weighted by atomic mass is 32.1. The van der Waals surface area contributed by atoms with Crippen LogP contribution < -0.4 is 0 Å². The number of hydrogen-bond donors (Lipinski definition) is 1. The average molecular weight is 356 g/mol. The van der Waals surface area contributed by atoms with E-state index in [4.69, 9.17) is 0 Å². The molecule has 0 saturated heterocycles. The van der Waals surface area contributed by atoms with E-state index in [0.29, 0.717) is 0 Å². The zero-order chi connectivity index (χ0) is 17.6. The summed E-state index contributed by atoms with van der Waals surface area (Å²) in [5.74, 6) is 0. The van der Waals surface area contributed by atoms with Gasteiger partial charge < -0.3 is 10.0 Å². The highest BCUT2D eigenvalue weighted by molar-refractivity contribution is 7.17. The first-order valence-electron chi connectivity index (χ1n) is 9.53. The molecule has 0 fully saturated rings. The van der Waals surface area contributed by atoms with Gasteiger partial charge in [0.1, 0.15) is 0 Å². The summed E-state index contributed by atoms with van der Waals surface area (Å²) in [4.78, 5) is 2.44. The molecule has 3 heteroatoms. The first-order chi connectivity index (χ1) is 12.2. The topological polar surface area (TPSA) is 23.5 Å². The fourth-order valence-corrected chi connectivity index (χ4v) is 4.47. The van der Waals surface area contributed by atoms with E-state index in [1.54, 1.807) is 11.3 Å².